The Morgan fingerprint density at radius 1 is 1.15 bits per heavy atom. The molecule has 136 valence electrons. The maximum Gasteiger partial charge on any atom is 0.354 e. The summed E-state index contributed by atoms with van der Waals surface area (Å²) < 4.78 is 12.9. The van der Waals surface area contributed by atoms with E-state index in [0.29, 0.717) is 0 Å². The molecule has 3 rings (SSSR count). The zero-order valence-corrected chi connectivity index (χ0v) is 13.7. The predicted molar refractivity (Wildman–Crippen MR) is 92.1 cm³/mol. The van der Waals surface area contributed by atoms with Crippen molar-refractivity contribution in [2.45, 2.75) is 31.7 Å². The summed E-state index contributed by atoms with van der Waals surface area (Å²) in [6.07, 6.45) is 5.15. The lowest BCUT2D eigenvalue weighted by Crippen LogP contribution is -2.30. The van der Waals surface area contributed by atoms with E-state index >= 15 is 0 Å². The van der Waals surface area contributed by atoms with Crippen molar-refractivity contribution in [1.82, 2.24) is 15.4 Å². The number of hydrogen-bond donors (Lipinski definition) is 3. The van der Waals surface area contributed by atoms with Gasteiger partial charge in [-0.25, -0.2) is 14.4 Å². The van der Waals surface area contributed by atoms with Gasteiger partial charge in [0.25, 0.3) is 5.91 Å². The van der Waals surface area contributed by atoms with Crippen LogP contribution >= 0.6 is 0 Å². The number of carbonyl (C=O) groups is 1. The maximum absolute atomic E-state index is 12.9. The molecule has 3 N–H and O–H groups in total. The van der Waals surface area contributed by atoms with Crippen molar-refractivity contribution < 1.29 is 14.1 Å². The molecule has 1 aromatic carbocycles. The summed E-state index contributed by atoms with van der Waals surface area (Å²) in [5.74, 6) is -1.08. The number of benzene rings is 1. The molecule has 0 saturated heterocycles. The molecule has 10 heteroatoms. The fourth-order valence-electron chi connectivity index (χ4n) is 2.80. The third-order valence-electron chi connectivity index (χ3n) is 4.10. The Labute approximate surface area is 148 Å². The number of nitrogens with zero attached hydrogens (tertiary/aromatic N) is 3. The molecule has 0 aliphatic heterocycles. The first-order valence-corrected chi connectivity index (χ1v) is 8.12. The SMILES string of the molecule is O=C(NNc1ncnc(NC2CCCC2)c1[N+](=O)[O-])c1ccc(F)cc1. The van der Waals surface area contributed by atoms with Crippen molar-refractivity contribution >= 4 is 23.2 Å². The second-order valence-corrected chi connectivity index (χ2v) is 5.89. The lowest BCUT2D eigenvalue weighted by atomic mass is 10.2. The van der Waals surface area contributed by atoms with Crippen LogP contribution in [0, 0.1) is 15.9 Å². The molecule has 26 heavy (non-hydrogen) atoms. The maximum atomic E-state index is 12.9. The zero-order valence-electron chi connectivity index (χ0n) is 13.7. The summed E-state index contributed by atoms with van der Waals surface area (Å²) in [5, 5.41) is 14.5. The van der Waals surface area contributed by atoms with Gasteiger partial charge in [-0.3, -0.25) is 25.8 Å². The number of amides is 1. The van der Waals surface area contributed by atoms with Gasteiger partial charge in [0.15, 0.2) is 0 Å². The Morgan fingerprint density at radius 3 is 2.46 bits per heavy atom. The van der Waals surface area contributed by atoms with E-state index in [2.05, 4.69) is 26.1 Å². The number of aromatic nitrogens is 2. The van der Waals surface area contributed by atoms with Gasteiger partial charge in [0.05, 0.1) is 4.92 Å². The number of hydrogen-bond acceptors (Lipinski definition) is 7. The number of hydrazine groups is 1. The van der Waals surface area contributed by atoms with E-state index in [0.717, 1.165) is 37.8 Å². The zero-order chi connectivity index (χ0) is 18.5. The van der Waals surface area contributed by atoms with Crippen LogP contribution in [-0.2, 0) is 0 Å². The molecule has 1 aliphatic rings. The number of nitro groups is 1. The normalized spacial score (nSPS) is 14.0. The summed E-state index contributed by atoms with van der Waals surface area (Å²) >= 11 is 0. The average Bonchev–Trinajstić information content (AvgIpc) is 3.13. The minimum absolute atomic E-state index is 0.107. The lowest BCUT2D eigenvalue weighted by molar-refractivity contribution is -0.383. The molecule has 9 nitrogen and oxygen atoms in total. The van der Waals surface area contributed by atoms with Gasteiger partial charge in [0.1, 0.15) is 12.1 Å². The molecule has 0 bridgehead atoms. The van der Waals surface area contributed by atoms with Crippen molar-refractivity contribution in [3.63, 3.8) is 0 Å². The number of halogens is 1. The molecular weight excluding hydrogens is 343 g/mol. The summed E-state index contributed by atoms with van der Waals surface area (Å²) in [4.78, 5) is 30.7. The molecule has 1 fully saturated rings. The van der Waals surface area contributed by atoms with Crippen LogP contribution in [0.25, 0.3) is 0 Å². The molecule has 1 aromatic heterocycles. The molecular formula is C16H17FN6O3. The van der Waals surface area contributed by atoms with E-state index in [9.17, 15) is 19.3 Å². The van der Waals surface area contributed by atoms with Gasteiger partial charge in [-0.15, -0.1) is 0 Å². The third kappa shape index (κ3) is 4.02. The minimum Gasteiger partial charge on any atom is -0.361 e. The Hall–Kier alpha value is -3.30. The van der Waals surface area contributed by atoms with Crippen molar-refractivity contribution in [3.05, 3.63) is 52.1 Å². The highest BCUT2D eigenvalue weighted by Crippen LogP contribution is 2.31. The molecule has 1 heterocycles. The van der Waals surface area contributed by atoms with Crippen LogP contribution in [0.1, 0.15) is 36.0 Å². The largest absolute Gasteiger partial charge is 0.361 e. The van der Waals surface area contributed by atoms with E-state index in [-0.39, 0.29) is 28.9 Å². The Bertz CT molecular complexity index is 808. The molecule has 0 spiro atoms. The van der Waals surface area contributed by atoms with E-state index in [1.165, 1.54) is 18.5 Å². The topological polar surface area (TPSA) is 122 Å². The van der Waals surface area contributed by atoms with Gasteiger partial charge in [-0.1, -0.05) is 12.8 Å². The average molecular weight is 360 g/mol. The Kier molecular flexibility index (Phi) is 5.20. The molecule has 0 radical (unpaired) electrons. The second kappa shape index (κ2) is 7.72. The van der Waals surface area contributed by atoms with Crippen molar-refractivity contribution in [1.29, 1.82) is 0 Å². The molecule has 1 amide bonds. The van der Waals surface area contributed by atoms with Crippen LogP contribution in [0.4, 0.5) is 21.7 Å². The van der Waals surface area contributed by atoms with Crippen molar-refractivity contribution in [3.8, 4) is 0 Å². The fourth-order valence-corrected chi connectivity index (χ4v) is 2.80. The van der Waals surface area contributed by atoms with Crippen LogP contribution in [-0.4, -0.2) is 26.8 Å². The number of carbonyl (C=O) groups excluding carboxylic acids is 1. The monoisotopic (exact) mass is 360 g/mol. The smallest absolute Gasteiger partial charge is 0.354 e. The first-order valence-electron chi connectivity index (χ1n) is 8.12. The summed E-state index contributed by atoms with van der Waals surface area (Å²) in [6.45, 7) is 0. The highest BCUT2D eigenvalue weighted by Gasteiger charge is 2.26. The highest BCUT2D eigenvalue weighted by molar-refractivity contribution is 5.95. The van der Waals surface area contributed by atoms with E-state index < -0.39 is 16.6 Å². The van der Waals surface area contributed by atoms with Crippen molar-refractivity contribution in [2.24, 2.45) is 0 Å². The Balaban J connectivity index is 1.75. The summed E-state index contributed by atoms with van der Waals surface area (Å²) in [6, 6.07) is 5.02. The quantitative estimate of drug-likeness (QED) is 0.534. The predicted octanol–water partition coefficient (Wildman–Crippen LogP) is 2.64. The van der Waals surface area contributed by atoms with Gasteiger partial charge >= 0.3 is 5.69 Å². The Morgan fingerprint density at radius 2 is 1.81 bits per heavy atom. The standard InChI is InChI=1S/C16H17FN6O3/c17-11-7-5-10(6-8-11)16(24)22-21-15-13(23(25)26)14(18-9-19-15)20-12-3-1-2-4-12/h5-9,12H,1-4H2,(H,22,24)(H2,18,19,20,21). The van der Waals surface area contributed by atoms with Crippen molar-refractivity contribution in [2.75, 3.05) is 10.7 Å². The van der Waals surface area contributed by atoms with E-state index in [4.69, 9.17) is 0 Å². The first-order chi connectivity index (χ1) is 12.5. The molecule has 1 aliphatic carbocycles. The van der Waals surface area contributed by atoms with Crippen LogP contribution < -0.4 is 16.2 Å². The number of anilines is 2. The van der Waals surface area contributed by atoms with Crippen LogP contribution in [0.2, 0.25) is 0 Å². The van der Waals surface area contributed by atoms with Crippen LogP contribution in [0.3, 0.4) is 0 Å². The van der Waals surface area contributed by atoms with Gasteiger partial charge in [0, 0.05) is 11.6 Å². The summed E-state index contributed by atoms with van der Waals surface area (Å²) in [5.41, 5.74) is 4.61. The summed E-state index contributed by atoms with van der Waals surface area (Å²) in [7, 11) is 0. The van der Waals surface area contributed by atoms with Crippen LogP contribution in [0.15, 0.2) is 30.6 Å². The van der Waals surface area contributed by atoms with Gasteiger partial charge in [0.2, 0.25) is 11.6 Å². The molecule has 1 saturated carbocycles. The van der Waals surface area contributed by atoms with E-state index in [1.54, 1.807) is 0 Å². The number of nitrogens with one attached hydrogen (secondary N) is 3. The third-order valence-corrected chi connectivity index (χ3v) is 4.10. The van der Waals surface area contributed by atoms with Gasteiger partial charge in [-0.2, -0.15) is 0 Å². The first kappa shape index (κ1) is 17.5. The molecule has 0 atom stereocenters. The van der Waals surface area contributed by atoms with Gasteiger partial charge in [-0.05, 0) is 37.1 Å². The number of rotatable bonds is 6. The van der Waals surface area contributed by atoms with Crippen LogP contribution in [0.5, 0.6) is 0 Å². The van der Waals surface area contributed by atoms with Gasteiger partial charge < -0.3 is 5.32 Å². The molecule has 2 aromatic rings. The fraction of sp³-hybridized carbons (Fsp3) is 0.312. The minimum atomic E-state index is -0.607. The molecule has 0 unspecified atom stereocenters. The van der Waals surface area contributed by atoms with E-state index in [1.807, 2.05) is 0 Å². The lowest BCUT2D eigenvalue weighted by Gasteiger charge is -2.14. The highest BCUT2D eigenvalue weighted by atomic mass is 19.1. The second-order valence-electron chi connectivity index (χ2n) is 5.89.